The Balaban J connectivity index is 2.44. The van der Waals surface area contributed by atoms with Crippen LogP contribution in [0, 0.1) is 5.92 Å². The Morgan fingerprint density at radius 2 is 1.67 bits per heavy atom. The maximum Gasteiger partial charge on any atom is 0.193 e. The molecule has 2 rings (SSSR count). The van der Waals surface area contributed by atoms with E-state index in [1.165, 1.54) is 18.2 Å². The lowest BCUT2D eigenvalue weighted by Gasteiger charge is -2.17. The maximum absolute atomic E-state index is 12.6. The zero-order chi connectivity index (χ0) is 22.6. The van der Waals surface area contributed by atoms with E-state index in [0.717, 1.165) is 29.4 Å². The summed E-state index contributed by atoms with van der Waals surface area (Å²) in [5.41, 5.74) is 1.90. The Labute approximate surface area is 175 Å². The lowest BCUT2D eigenvalue weighted by atomic mass is 9.89. The molecule has 30 heavy (non-hydrogen) atoms. The molecule has 158 valence electrons. The molecule has 0 aliphatic rings. The van der Waals surface area contributed by atoms with Crippen LogP contribution in [0.5, 0.6) is 28.7 Å². The number of carbonyl (C=O) groups excluding carboxylic acids is 1. The second-order valence-corrected chi connectivity index (χ2v) is 7.46. The molecule has 2 aromatic carbocycles. The molecule has 0 saturated carbocycles. The summed E-state index contributed by atoms with van der Waals surface area (Å²) in [6.45, 7) is 9.61. The molecule has 0 radical (unpaired) electrons. The fourth-order valence-corrected chi connectivity index (χ4v) is 3.05. The number of benzene rings is 2. The van der Waals surface area contributed by atoms with Crippen LogP contribution in [0.3, 0.4) is 0 Å². The van der Waals surface area contributed by atoms with Gasteiger partial charge < -0.3 is 25.5 Å². The van der Waals surface area contributed by atoms with Crippen molar-refractivity contribution in [1.82, 2.24) is 0 Å². The number of ketones is 1. The van der Waals surface area contributed by atoms with Crippen LogP contribution in [-0.2, 0) is 6.42 Å². The number of phenolic OH excluding ortho intramolecular Hbond substituents is 5. The summed E-state index contributed by atoms with van der Waals surface area (Å²) in [6.07, 6.45) is 4.51. The second kappa shape index (κ2) is 9.22. The van der Waals surface area contributed by atoms with E-state index in [1.54, 1.807) is 0 Å². The van der Waals surface area contributed by atoms with Crippen molar-refractivity contribution in [2.75, 3.05) is 0 Å². The minimum atomic E-state index is -0.715. The zero-order valence-corrected chi connectivity index (χ0v) is 17.2. The Kier molecular flexibility index (Phi) is 6.95. The van der Waals surface area contributed by atoms with Gasteiger partial charge in [0, 0.05) is 29.2 Å². The Morgan fingerprint density at radius 1 is 1.00 bits per heavy atom. The van der Waals surface area contributed by atoms with Gasteiger partial charge in [0.05, 0.1) is 0 Å². The second-order valence-electron chi connectivity index (χ2n) is 7.46. The van der Waals surface area contributed by atoms with Gasteiger partial charge in [-0.2, -0.15) is 0 Å². The van der Waals surface area contributed by atoms with Gasteiger partial charge in [-0.25, -0.2) is 0 Å². The van der Waals surface area contributed by atoms with Crippen LogP contribution >= 0.6 is 0 Å². The van der Waals surface area contributed by atoms with E-state index in [9.17, 15) is 30.3 Å². The summed E-state index contributed by atoms with van der Waals surface area (Å²) in [7, 11) is 0. The van der Waals surface area contributed by atoms with Crippen molar-refractivity contribution in [2.24, 2.45) is 5.92 Å². The third kappa shape index (κ3) is 5.23. The molecule has 0 amide bonds. The summed E-state index contributed by atoms with van der Waals surface area (Å²) < 4.78 is 0. The van der Waals surface area contributed by atoms with Gasteiger partial charge >= 0.3 is 0 Å². The normalized spacial score (nSPS) is 12.0. The first-order valence-electron chi connectivity index (χ1n) is 9.32. The Bertz CT molecular complexity index is 1040. The van der Waals surface area contributed by atoms with E-state index in [-0.39, 0.29) is 46.3 Å². The highest BCUT2D eigenvalue weighted by molar-refractivity contribution is 6.11. The molecular weight excluding hydrogens is 384 g/mol. The molecule has 6 heteroatoms. The molecule has 0 aliphatic heterocycles. The monoisotopic (exact) mass is 410 g/mol. The number of aromatic hydroxyl groups is 5. The first-order valence-corrected chi connectivity index (χ1v) is 9.32. The van der Waals surface area contributed by atoms with Crippen LogP contribution in [0.1, 0.15) is 42.3 Å². The molecule has 0 aliphatic carbocycles. The topological polar surface area (TPSA) is 118 Å². The molecule has 0 aromatic heterocycles. The summed E-state index contributed by atoms with van der Waals surface area (Å²) in [6, 6.07) is 4.90. The fraction of sp³-hybridized carbons (Fsp3) is 0.208. The predicted molar refractivity (Wildman–Crippen MR) is 116 cm³/mol. The molecule has 0 heterocycles. The van der Waals surface area contributed by atoms with Crippen LogP contribution < -0.4 is 0 Å². The van der Waals surface area contributed by atoms with Crippen molar-refractivity contribution in [2.45, 2.75) is 27.2 Å². The van der Waals surface area contributed by atoms with E-state index < -0.39 is 17.3 Å². The number of rotatable bonds is 7. The van der Waals surface area contributed by atoms with E-state index in [2.05, 4.69) is 6.58 Å². The molecule has 6 nitrogen and oxygen atoms in total. The van der Waals surface area contributed by atoms with Crippen molar-refractivity contribution in [3.63, 3.8) is 0 Å². The van der Waals surface area contributed by atoms with Crippen molar-refractivity contribution < 1.29 is 30.3 Å². The molecule has 0 unspecified atom stereocenters. The first kappa shape index (κ1) is 22.6. The standard InChI is InChI=1S/C24H26O6/c1-13(2)9-16(14(3)4)10-18-21(28)12-22(29)23(24(18)30)19(26)8-6-15-5-7-17(25)11-20(15)27/h5-9,11-12,16,25,27-30H,3,10H2,1-2,4H3/t16-/m1/s1. The summed E-state index contributed by atoms with van der Waals surface area (Å²) >= 11 is 0. The highest BCUT2D eigenvalue weighted by Crippen LogP contribution is 2.40. The van der Waals surface area contributed by atoms with Crippen molar-refractivity contribution in [1.29, 1.82) is 0 Å². The van der Waals surface area contributed by atoms with Gasteiger partial charge in [-0.15, -0.1) is 0 Å². The lowest BCUT2D eigenvalue weighted by molar-refractivity contribution is 0.104. The molecule has 5 N–H and O–H groups in total. The van der Waals surface area contributed by atoms with E-state index in [1.807, 2.05) is 26.8 Å². The summed E-state index contributed by atoms with van der Waals surface area (Å²) in [4.78, 5) is 12.6. The van der Waals surface area contributed by atoms with Gasteiger partial charge in [0.15, 0.2) is 5.78 Å². The van der Waals surface area contributed by atoms with Gasteiger partial charge in [0.1, 0.15) is 34.3 Å². The number of allylic oxidation sites excluding steroid dienone is 4. The van der Waals surface area contributed by atoms with Crippen molar-refractivity contribution >= 4 is 11.9 Å². The molecule has 0 spiro atoms. The number of carbonyl (C=O) groups is 1. The van der Waals surface area contributed by atoms with Gasteiger partial charge in [-0.3, -0.25) is 4.79 Å². The smallest absolute Gasteiger partial charge is 0.193 e. The van der Waals surface area contributed by atoms with Crippen LogP contribution in [0.25, 0.3) is 6.08 Å². The van der Waals surface area contributed by atoms with Gasteiger partial charge in [-0.05, 0) is 51.5 Å². The molecule has 0 bridgehead atoms. The highest BCUT2D eigenvalue weighted by atomic mass is 16.3. The highest BCUT2D eigenvalue weighted by Gasteiger charge is 2.23. The number of hydrogen-bond acceptors (Lipinski definition) is 6. The SMILES string of the molecule is C=C(C)[C@H](C=C(C)C)Cc1c(O)cc(O)c(C(=O)C=Cc2ccc(O)cc2O)c1O. The third-order valence-corrected chi connectivity index (χ3v) is 4.63. The van der Waals surface area contributed by atoms with E-state index in [4.69, 9.17) is 0 Å². The fourth-order valence-electron chi connectivity index (χ4n) is 3.05. The molecule has 1 atom stereocenters. The van der Waals surface area contributed by atoms with E-state index >= 15 is 0 Å². The average Bonchev–Trinajstić information content (AvgIpc) is 2.62. The van der Waals surface area contributed by atoms with Crippen LogP contribution in [0.4, 0.5) is 0 Å². The van der Waals surface area contributed by atoms with Gasteiger partial charge in [0.25, 0.3) is 0 Å². The first-order chi connectivity index (χ1) is 14.0. The number of hydrogen-bond donors (Lipinski definition) is 5. The minimum absolute atomic E-state index is 0.127. The van der Waals surface area contributed by atoms with Crippen LogP contribution in [0.15, 0.2) is 54.1 Å². The lowest BCUT2D eigenvalue weighted by Crippen LogP contribution is -2.06. The molecular formula is C24H26O6. The van der Waals surface area contributed by atoms with Gasteiger partial charge in [-0.1, -0.05) is 23.8 Å². The summed E-state index contributed by atoms with van der Waals surface area (Å²) in [5.74, 6) is -2.65. The number of phenols is 5. The maximum atomic E-state index is 12.6. The molecule has 0 saturated heterocycles. The minimum Gasteiger partial charge on any atom is -0.508 e. The van der Waals surface area contributed by atoms with Gasteiger partial charge in [0.2, 0.25) is 0 Å². The predicted octanol–water partition coefficient (Wildman–Crippen LogP) is 4.81. The molecule has 2 aromatic rings. The zero-order valence-electron chi connectivity index (χ0n) is 17.2. The molecule has 0 fully saturated rings. The Hall–Kier alpha value is -3.67. The van der Waals surface area contributed by atoms with E-state index in [0.29, 0.717) is 0 Å². The largest absolute Gasteiger partial charge is 0.508 e. The quantitative estimate of drug-likeness (QED) is 0.254. The Morgan fingerprint density at radius 3 is 2.23 bits per heavy atom. The van der Waals surface area contributed by atoms with Crippen LogP contribution in [-0.4, -0.2) is 31.3 Å². The summed E-state index contributed by atoms with van der Waals surface area (Å²) in [5, 5.41) is 50.2. The third-order valence-electron chi connectivity index (χ3n) is 4.63. The average molecular weight is 410 g/mol. The van der Waals surface area contributed by atoms with Crippen molar-refractivity contribution in [3.8, 4) is 28.7 Å². The van der Waals surface area contributed by atoms with Crippen molar-refractivity contribution in [3.05, 3.63) is 70.8 Å². The van der Waals surface area contributed by atoms with Crippen LogP contribution in [0.2, 0.25) is 0 Å².